The van der Waals surface area contributed by atoms with Gasteiger partial charge in [0.15, 0.2) is 0 Å². The fourth-order valence-electron chi connectivity index (χ4n) is 0.784. The molecule has 0 saturated heterocycles. The van der Waals surface area contributed by atoms with Gasteiger partial charge in [-0.2, -0.15) is 0 Å². The van der Waals surface area contributed by atoms with Crippen LogP contribution in [0.5, 0.6) is 0 Å². The minimum absolute atomic E-state index is 0.353. The molecule has 1 rings (SSSR count). The van der Waals surface area contributed by atoms with E-state index in [2.05, 4.69) is 11.3 Å². The summed E-state index contributed by atoms with van der Waals surface area (Å²) in [5.74, 6) is 0. The molecule has 0 amide bonds. The van der Waals surface area contributed by atoms with Crippen LogP contribution in [-0.2, 0) is 9.47 Å². The van der Waals surface area contributed by atoms with Gasteiger partial charge in [-0.25, -0.2) is 4.79 Å². The lowest BCUT2D eigenvalue weighted by Crippen LogP contribution is -2.17. The Bertz CT molecular complexity index is 170. The summed E-state index contributed by atoms with van der Waals surface area (Å²) in [5, 5.41) is 0. The zero-order chi connectivity index (χ0) is 8.32. The van der Waals surface area contributed by atoms with Gasteiger partial charge in [-0.05, 0) is 25.8 Å². The molecule has 0 unspecified atom stereocenters. The van der Waals surface area contributed by atoms with E-state index < -0.39 is 11.8 Å². The molecule has 3 heteroatoms. The zero-order valence-electron chi connectivity index (χ0n) is 6.63. The Kier molecular flexibility index (Phi) is 2.17. The normalized spacial score (nSPS) is 18.6. The molecule has 1 aliphatic rings. The Morgan fingerprint density at radius 1 is 1.73 bits per heavy atom. The van der Waals surface area contributed by atoms with Crippen molar-refractivity contribution in [3.63, 3.8) is 0 Å². The van der Waals surface area contributed by atoms with E-state index in [1.165, 1.54) is 0 Å². The molecule has 1 saturated carbocycles. The van der Waals surface area contributed by atoms with Gasteiger partial charge in [-0.3, -0.25) is 0 Å². The van der Waals surface area contributed by atoms with E-state index >= 15 is 0 Å². The van der Waals surface area contributed by atoms with Crippen molar-refractivity contribution in [2.75, 3.05) is 6.61 Å². The summed E-state index contributed by atoms with van der Waals surface area (Å²) in [6.07, 6.45) is 2.80. The first-order chi connectivity index (χ1) is 5.22. The SMILES string of the molecule is C=CC1(OC(=O)OCC)CC1. The molecule has 0 N–H and O–H groups in total. The molecule has 0 radical (unpaired) electrons. The summed E-state index contributed by atoms with van der Waals surface area (Å²) < 4.78 is 9.57. The lowest BCUT2D eigenvalue weighted by atomic mass is 10.3. The van der Waals surface area contributed by atoms with E-state index in [0.29, 0.717) is 6.61 Å². The smallest absolute Gasteiger partial charge is 0.435 e. The first-order valence-corrected chi connectivity index (χ1v) is 3.72. The maximum Gasteiger partial charge on any atom is 0.509 e. The first-order valence-electron chi connectivity index (χ1n) is 3.72. The Morgan fingerprint density at radius 3 is 2.73 bits per heavy atom. The Labute approximate surface area is 66.0 Å². The van der Waals surface area contributed by atoms with E-state index in [-0.39, 0.29) is 0 Å². The Balaban J connectivity index is 2.30. The quantitative estimate of drug-likeness (QED) is 0.462. The van der Waals surface area contributed by atoms with Gasteiger partial charge in [0.25, 0.3) is 0 Å². The lowest BCUT2D eigenvalue weighted by molar-refractivity contribution is 0.0324. The second-order valence-corrected chi connectivity index (χ2v) is 2.55. The second-order valence-electron chi connectivity index (χ2n) is 2.55. The van der Waals surface area contributed by atoms with Gasteiger partial charge in [0.05, 0.1) is 6.61 Å². The maximum absolute atomic E-state index is 10.8. The zero-order valence-corrected chi connectivity index (χ0v) is 6.63. The van der Waals surface area contributed by atoms with Crippen LogP contribution in [0.25, 0.3) is 0 Å². The molecule has 1 fully saturated rings. The van der Waals surface area contributed by atoms with Gasteiger partial charge in [0.1, 0.15) is 5.60 Å². The monoisotopic (exact) mass is 156 g/mol. The molecular formula is C8H12O3. The third-order valence-corrected chi connectivity index (χ3v) is 1.66. The van der Waals surface area contributed by atoms with Crippen molar-refractivity contribution in [2.45, 2.75) is 25.4 Å². The summed E-state index contributed by atoms with van der Waals surface area (Å²) in [7, 11) is 0. The van der Waals surface area contributed by atoms with Crippen LogP contribution < -0.4 is 0 Å². The molecule has 0 spiro atoms. The van der Waals surface area contributed by atoms with Gasteiger partial charge in [-0.15, -0.1) is 0 Å². The Hall–Kier alpha value is -0.990. The second kappa shape index (κ2) is 2.95. The average Bonchev–Trinajstić information content (AvgIpc) is 2.70. The highest BCUT2D eigenvalue weighted by Gasteiger charge is 2.44. The van der Waals surface area contributed by atoms with Crippen molar-refractivity contribution in [3.8, 4) is 0 Å². The van der Waals surface area contributed by atoms with Crippen LogP contribution in [0.1, 0.15) is 19.8 Å². The fourth-order valence-corrected chi connectivity index (χ4v) is 0.784. The highest BCUT2D eigenvalue weighted by atomic mass is 16.7. The van der Waals surface area contributed by atoms with Crippen LogP contribution in [0.15, 0.2) is 12.7 Å². The topological polar surface area (TPSA) is 35.5 Å². The number of carbonyl (C=O) groups is 1. The van der Waals surface area contributed by atoms with E-state index in [4.69, 9.17) is 4.74 Å². The van der Waals surface area contributed by atoms with Crippen molar-refractivity contribution in [2.24, 2.45) is 0 Å². The maximum atomic E-state index is 10.8. The highest BCUT2D eigenvalue weighted by molar-refractivity contribution is 5.61. The molecule has 1 aliphatic carbocycles. The van der Waals surface area contributed by atoms with Crippen molar-refractivity contribution in [1.82, 2.24) is 0 Å². The largest absolute Gasteiger partial charge is 0.509 e. The minimum atomic E-state index is -0.593. The van der Waals surface area contributed by atoms with Crippen LogP contribution in [0.4, 0.5) is 4.79 Å². The molecule has 0 atom stereocenters. The van der Waals surface area contributed by atoms with Crippen LogP contribution in [-0.4, -0.2) is 18.4 Å². The highest BCUT2D eigenvalue weighted by Crippen LogP contribution is 2.40. The summed E-state index contributed by atoms with van der Waals surface area (Å²) in [5.41, 5.74) is -0.397. The van der Waals surface area contributed by atoms with Crippen LogP contribution in [0.3, 0.4) is 0 Å². The standard InChI is InChI=1S/C8H12O3/c1-3-8(5-6-8)11-7(9)10-4-2/h3H,1,4-6H2,2H3. The first kappa shape index (κ1) is 8.11. The van der Waals surface area contributed by atoms with Crippen molar-refractivity contribution >= 4 is 6.16 Å². The average molecular weight is 156 g/mol. The Morgan fingerprint density at radius 2 is 2.36 bits per heavy atom. The summed E-state index contributed by atoms with van der Waals surface area (Å²) in [6.45, 7) is 5.67. The molecule has 11 heavy (non-hydrogen) atoms. The van der Waals surface area contributed by atoms with Crippen LogP contribution >= 0.6 is 0 Å². The van der Waals surface area contributed by atoms with Crippen molar-refractivity contribution in [3.05, 3.63) is 12.7 Å². The van der Waals surface area contributed by atoms with E-state index in [9.17, 15) is 4.79 Å². The molecule has 3 nitrogen and oxygen atoms in total. The van der Waals surface area contributed by atoms with Crippen molar-refractivity contribution < 1.29 is 14.3 Å². The molecule has 0 heterocycles. The molecule has 0 aromatic carbocycles. The number of hydrogen-bond acceptors (Lipinski definition) is 3. The predicted octanol–water partition coefficient (Wildman–Crippen LogP) is 1.88. The molecule has 0 aromatic rings. The van der Waals surface area contributed by atoms with E-state index in [1.807, 2.05) is 0 Å². The summed E-state index contributed by atoms with van der Waals surface area (Å²) in [6, 6.07) is 0. The third-order valence-electron chi connectivity index (χ3n) is 1.66. The van der Waals surface area contributed by atoms with Gasteiger partial charge < -0.3 is 9.47 Å². The molecule has 0 bridgehead atoms. The molecular weight excluding hydrogens is 144 g/mol. The van der Waals surface area contributed by atoms with Crippen LogP contribution in [0, 0.1) is 0 Å². The van der Waals surface area contributed by atoms with Gasteiger partial charge in [0.2, 0.25) is 0 Å². The lowest BCUT2D eigenvalue weighted by Gasteiger charge is -2.10. The van der Waals surface area contributed by atoms with Gasteiger partial charge >= 0.3 is 6.16 Å². The van der Waals surface area contributed by atoms with Crippen molar-refractivity contribution in [1.29, 1.82) is 0 Å². The predicted molar refractivity (Wildman–Crippen MR) is 40.3 cm³/mol. The number of rotatable bonds is 3. The number of hydrogen-bond donors (Lipinski definition) is 0. The van der Waals surface area contributed by atoms with Crippen LogP contribution in [0.2, 0.25) is 0 Å². The summed E-state index contributed by atoms with van der Waals surface area (Å²) in [4.78, 5) is 10.8. The fraction of sp³-hybridized carbons (Fsp3) is 0.625. The number of carbonyl (C=O) groups excluding carboxylic acids is 1. The molecule has 62 valence electrons. The molecule has 0 aromatic heterocycles. The van der Waals surface area contributed by atoms with Gasteiger partial charge in [0, 0.05) is 0 Å². The molecule has 0 aliphatic heterocycles. The van der Waals surface area contributed by atoms with E-state index in [1.54, 1.807) is 13.0 Å². The minimum Gasteiger partial charge on any atom is -0.435 e. The number of ether oxygens (including phenoxy) is 2. The third kappa shape index (κ3) is 1.97. The summed E-state index contributed by atoms with van der Waals surface area (Å²) >= 11 is 0. The van der Waals surface area contributed by atoms with E-state index in [0.717, 1.165) is 12.8 Å². The van der Waals surface area contributed by atoms with Gasteiger partial charge in [-0.1, -0.05) is 6.58 Å².